The molecule has 5 atom stereocenters. The van der Waals surface area contributed by atoms with Crippen LogP contribution in [-0.4, -0.2) is 71.6 Å². The van der Waals surface area contributed by atoms with Crippen LogP contribution in [0, 0.1) is 11.8 Å². The lowest BCUT2D eigenvalue weighted by Gasteiger charge is -2.16. The molecule has 0 unspecified atom stereocenters. The number of ether oxygens (including phenoxy) is 1. The molecule has 0 aromatic carbocycles. The highest BCUT2D eigenvalue weighted by molar-refractivity contribution is 6.06. The summed E-state index contributed by atoms with van der Waals surface area (Å²) in [6.45, 7) is 5.00. The Hall–Kier alpha value is -3.05. The summed E-state index contributed by atoms with van der Waals surface area (Å²) in [6, 6.07) is 0. The summed E-state index contributed by atoms with van der Waals surface area (Å²) < 4.78 is 43.1. The minimum absolute atomic E-state index is 0.0924. The highest BCUT2D eigenvalue weighted by Crippen LogP contribution is 2.33. The standard InChI is InChI=1S/C17H16F3N5O5/c1-7(2)15(29)24-13-8-5-23-25(14(8)22-6-21-13)16-11(28)10(27)12(30-16)9(26)3-4-17(18,19)20/h5-6,9-12,16,26-28H,1H2,2H3,(H,21,22,24,29)/t9-,10+,11-,12-,16-/m1/s1. The van der Waals surface area contributed by atoms with Gasteiger partial charge in [-0.3, -0.25) is 4.79 Å². The summed E-state index contributed by atoms with van der Waals surface area (Å²) in [6.07, 6.45) is -11.0. The van der Waals surface area contributed by atoms with Crippen molar-refractivity contribution in [2.75, 3.05) is 5.32 Å². The Morgan fingerprint density at radius 1 is 1.37 bits per heavy atom. The van der Waals surface area contributed by atoms with E-state index in [1.54, 1.807) is 0 Å². The van der Waals surface area contributed by atoms with Crippen molar-refractivity contribution in [3.05, 3.63) is 24.7 Å². The summed E-state index contributed by atoms with van der Waals surface area (Å²) in [7, 11) is 0. The maximum Gasteiger partial charge on any atom is 0.457 e. The number of alkyl halides is 3. The number of carbonyl (C=O) groups excluding carboxylic acids is 1. The molecule has 1 amide bonds. The second-order valence-electron chi connectivity index (χ2n) is 6.47. The summed E-state index contributed by atoms with van der Waals surface area (Å²) in [5.74, 6) is 2.02. The van der Waals surface area contributed by atoms with Crippen LogP contribution < -0.4 is 5.32 Å². The fraction of sp³-hybridized carbons (Fsp3) is 0.412. The monoisotopic (exact) mass is 427 g/mol. The lowest BCUT2D eigenvalue weighted by atomic mass is 10.1. The van der Waals surface area contributed by atoms with Crippen LogP contribution in [0.5, 0.6) is 0 Å². The Balaban J connectivity index is 1.89. The average Bonchev–Trinajstić information content (AvgIpc) is 3.21. The Bertz CT molecular complexity index is 1040. The Kier molecular flexibility index (Phi) is 5.77. The molecule has 1 aliphatic heterocycles. The number of nitrogens with zero attached hydrogens (tertiary/aromatic N) is 4. The quantitative estimate of drug-likeness (QED) is 0.391. The molecule has 0 saturated carbocycles. The van der Waals surface area contributed by atoms with Crippen molar-refractivity contribution in [2.45, 2.75) is 43.7 Å². The van der Waals surface area contributed by atoms with E-state index in [-0.39, 0.29) is 22.4 Å². The van der Waals surface area contributed by atoms with Crippen molar-refractivity contribution in [3.8, 4) is 11.8 Å². The summed E-state index contributed by atoms with van der Waals surface area (Å²) in [5, 5.41) is 37.0. The van der Waals surface area contributed by atoms with Gasteiger partial charge in [-0.2, -0.15) is 18.3 Å². The smallest absolute Gasteiger partial charge is 0.387 e. The van der Waals surface area contributed by atoms with Crippen molar-refractivity contribution >= 4 is 22.8 Å². The Morgan fingerprint density at radius 2 is 2.07 bits per heavy atom. The number of aliphatic hydroxyl groups is 3. The number of anilines is 1. The van der Waals surface area contributed by atoms with E-state index in [0.717, 1.165) is 16.9 Å². The Morgan fingerprint density at radius 3 is 2.70 bits per heavy atom. The minimum Gasteiger partial charge on any atom is -0.387 e. The van der Waals surface area contributed by atoms with Crippen molar-refractivity contribution < 1.29 is 38.0 Å². The highest BCUT2D eigenvalue weighted by atomic mass is 19.4. The summed E-state index contributed by atoms with van der Waals surface area (Å²) in [5.41, 5.74) is 0.318. The van der Waals surface area contributed by atoms with Gasteiger partial charge in [-0.25, -0.2) is 14.6 Å². The van der Waals surface area contributed by atoms with E-state index in [4.69, 9.17) is 4.74 Å². The van der Waals surface area contributed by atoms with Crippen molar-refractivity contribution in [2.24, 2.45) is 0 Å². The van der Waals surface area contributed by atoms with Crippen molar-refractivity contribution in [3.63, 3.8) is 0 Å². The molecule has 0 aliphatic carbocycles. The lowest BCUT2D eigenvalue weighted by Crippen LogP contribution is -2.38. The van der Waals surface area contributed by atoms with Gasteiger partial charge in [0.15, 0.2) is 11.9 Å². The van der Waals surface area contributed by atoms with Crippen LogP contribution in [0.15, 0.2) is 24.7 Å². The van der Waals surface area contributed by atoms with Gasteiger partial charge in [0.2, 0.25) is 0 Å². The molecule has 4 N–H and O–H groups in total. The van der Waals surface area contributed by atoms with Gasteiger partial charge in [0.05, 0.1) is 11.6 Å². The third-order valence-electron chi connectivity index (χ3n) is 4.20. The van der Waals surface area contributed by atoms with Gasteiger partial charge in [0, 0.05) is 11.5 Å². The average molecular weight is 427 g/mol. The van der Waals surface area contributed by atoms with E-state index >= 15 is 0 Å². The number of fused-ring (bicyclic) bond motifs is 1. The van der Waals surface area contributed by atoms with Gasteiger partial charge in [-0.1, -0.05) is 12.5 Å². The van der Waals surface area contributed by atoms with E-state index in [0.29, 0.717) is 0 Å². The maximum atomic E-state index is 12.2. The van der Waals surface area contributed by atoms with Crippen molar-refractivity contribution in [1.29, 1.82) is 0 Å². The van der Waals surface area contributed by atoms with E-state index in [1.165, 1.54) is 19.0 Å². The summed E-state index contributed by atoms with van der Waals surface area (Å²) >= 11 is 0. The minimum atomic E-state index is -4.84. The zero-order chi connectivity index (χ0) is 22.2. The number of amides is 1. The molecule has 3 rings (SSSR count). The second kappa shape index (κ2) is 8.00. The number of rotatable bonds is 4. The van der Waals surface area contributed by atoms with Gasteiger partial charge in [0.25, 0.3) is 5.91 Å². The predicted molar refractivity (Wildman–Crippen MR) is 94.5 cm³/mol. The zero-order valence-corrected chi connectivity index (χ0v) is 15.3. The number of aromatic nitrogens is 4. The van der Waals surface area contributed by atoms with Gasteiger partial charge >= 0.3 is 6.18 Å². The molecule has 0 spiro atoms. The fourth-order valence-corrected chi connectivity index (χ4v) is 2.75. The fourth-order valence-electron chi connectivity index (χ4n) is 2.75. The number of carbonyl (C=O) groups is 1. The number of hydrogen-bond acceptors (Lipinski definition) is 8. The van der Waals surface area contributed by atoms with Crippen LogP contribution in [0.25, 0.3) is 11.0 Å². The van der Waals surface area contributed by atoms with Crippen LogP contribution in [-0.2, 0) is 9.53 Å². The zero-order valence-electron chi connectivity index (χ0n) is 15.3. The molecule has 1 saturated heterocycles. The number of nitrogens with one attached hydrogen (secondary N) is 1. The molecule has 30 heavy (non-hydrogen) atoms. The van der Waals surface area contributed by atoms with Gasteiger partial charge in [0.1, 0.15) is 36.6 Å². The van der Waals surface area contributed by atoms with E-state index in [1.807, 2.05) is 0 Å². The van der Waals surface area contributed by atoms with Crippen LogP contribution in [0.3, 0.4) is 0 Å². The first-order valence-corrected chi connectivity index (χ1v) is 8.43. The first kappa shape index (κ1) is 21.7. The number of hydrogen-bond donors (Lipinski definition) is 4. The molecule has 10 nitrogen and oxygen atoms in total. The van der Waals surface area contributed by atoms with Gasteiger partial charge in [-0.05, 0) is 6.92 Å². The molecule has 13 heteroatoms. The normalized spacial score (nSPS) is 24.9. The number of halogens is 3. The largest absolute Gasteiger partial charge is 0.457 e. The van der Waals surface area contributed by atoms with Crippen LogP contribution in [0.4, 0.5) is 19.0 Å². The molecule has 3 heterocycles. The maximum absolute atomic E-state index is 12.2. The topological polar surface area (TPSA) is 143 Å². The molecule has 1 fully saturated rings. The molecule has 2 aromatic heterocycles. The third kappa shape index (κ3) is 4.26. The second-order valence-corrected chi connectivity index (χ2v) is 6.47. The molecule has 1 aliphatic rings. The molecular formula is C17H16F3N5O5. The molecule has 0 radical (unpaired) electrons. The SMILES string of the molecule is C=C(C)C(=O)Nc1ncnc2c1cnn2[C@@H]1O[C@H]([C@H](O)C#CC(F)(F)F)[C@@H](O)[C@H]1O. The van der Waals surface area contributed by atoms with E-state index in [9.17, 15) is 33.3 Å². The predicted octanol–water partition coefficient (Wildman–Crippen LogP) is -0.113. The summed E-state index contributed by atoms with van der Waals surface area (Å²) in [4.78, 5) is 19.8. The highest BCUT2D eigenvalue weighted by Gasteiger charge is 2.47. The van der Waals surface area contributed by atoms with Gasteiger partial charge < -0.3 is 25.4 Å². The van der Waals surface area contributed by atoms with Crippen molar-refractivity contribution in [1.82, 2.24) is 19.7 Å². The van der Waals surface area contributed by atoms with Crippen LogP contribution in [0.2, 0.25) is 0 Å². The first-order valence-electron chi connectivity index (χ1n) is 8.43. The van der Waals surface area contributed by atoms with E-state index < -0.39 is 42.7 Å². The lowest BCUT2D eigenvalue weighted by molar-refractivity contribution is -0.112. The number of aliphatic hydroxyl groups excluding tert-OH is 3. The first-order chi connectivity index (χ1) is 14.0. The van der Waals surface area contributed by atoms with E-state index in [2.05, 4.69) is 27.0 Å². The molecule has 160 valence electrons. The van der Waals surface area contributed by atoms with Crippen LogP contribution in [0.1, 0.15) is 13.2 Å². The molecule has 2 aromatic rings. The third-order valence-corrected chi connectivity index (χ3v) is 4.20. The van der Waals surface area contributed by atoms with Gasteiger partial charge in [-0.15, -0.1) is 0 Å². The molecule has 0 bridgehead atoms. The Labute approximate surface area is 167 Å². The molecular weight excluding hydrogens is 411 g/mol. The van der Waals surface area contributed by atoms with Crippen LogP contribution >= 0.6 is 0 Å².